The van der Waals surface area contributed by atoms with E-state index in [1.807, 2.05) is 6.92 Å². The van der Waals surface area contributed by atoms with Gasteiger partial charge in [0, 0.05) is 19.0 Å². The summed E-state index contributed by atoms with van der Waals surface area (Å²) >= 11 is 0. The quantitative estimate of drug-likeness (QED) is 0.612. The van der Waals surface area contributed by atoms with Gasteiger partial charge in [-0.1, -0.05) is 20.8 Å². The van der Waals surface area contributed by atoms with Crippen LogP contribution in [0.25, 0.3) is 0 Å². The number of amides is 1. The van der Waals surface area contributed by atoms with E-state index in [1.165, 1.54) is 0 Å². The highest BCUT2D eigenvalue weighted by atomic mass is 16.1. The maximum absolute atomic E-state index is 11.3. The van der Waals surface area contributed by atoms with Crippen LogP contribution in [-0.2, 0) is 4.79 Å². The minimum Gasteiger partial charge on any atom is -0.354 e. The van der Waals surface area contributed by atoms with Gasteiger partial charge in [-0.15, -0.1) is 0 Å². The Balaban J connectivity index is 3.36. The number of carbonyl (C=O) groups is 1. The molecule has 0 rings (SSSR count). The number of carbonyl (C=O) groups excluding carboxylic acids is 1. The second kappa shape index (κ2) is 7.80. The Kier molecular flexibility index (Phi) is 7.48. The van der Waals surface area contributed by atoms with E-state index in [-0.39, 0.29) is 5.91 Å². The number of nitrogens with one attached hydrogen (secondary N) is 2. The summed E-state index contributed by atoms with van der Waals surface area (Å²) in [4.78, 5) is 11.3. The Morgan fingerprint density at radius 2 is 1.93 bits per heavy atom. The van der Waals surface area contributed by atoms with Crippen molar-refractivity contribution in [3.05, 3.63) is 0 Å². The summed E-state index contributed by atoms with van der Waals surface area (Å²) in [6.45, 7) is 10.2. The maximum atomic E-state index is 11.3. The molecule has 0 saturated heterocycles. The zero-order valence-corrected chi connectivity index (χ0v) is 9.89. The van der Waals surface area contributed by atoms with E-state index < -0.39 is 0 Å². The molecule has 0 aliphatic rings. The van der Waals surface area contributed by atoms with Crippen LogP contribution in [0.5, 0.6) is 0 Å². The molecule has 0 bridgehead atoms. The summed E-state index contributed by atoms with van der Waals surface area (Å²) in [6.07, 6.45) is 1.57. The fourth-order valence-electron chi connectivity index (χ4n) is 1.04. The van der Waals surface area contributed by atoms with Crippen LogP contribution in [0.3, 0.4) is 0 Å². The minimum atomic E-state index is 0.149. The first-order valence-electron chi connectivity index (χ1n) is 5.56. The summed E-state index contributed by atoms with van der Waals surface area (Å²) in [7, 11) is 0. The summed E-state index contributed by atoms with van der Waals surface area (Å²) in [6, 6.07) is 0.299. The molecule has 2 N–H and O–H groups in total. The Morgan fingerprint density at radius 1 is 1.29 bits per heavy atom. The van der Waals surface area contributed by atoms with Crippen molar-refractivity contribution < 1.29 is 4.79 Å². The van der Waals surface area contributed by atoms with E-state index in [4.69, 9.17) is 0 Å². The van der Waals surface area contributed by atoms with E-state index in [2.05, 4.69) is 31.4 Å². The van der Waals surface area contributed by atoms with Crippen LogP contribution < -0.4 is 10.6 Å². The van der Waals surface area contributed by atoms with Crippen LogP contribution in [-0.4, -0.2) is 25.0 Å². The molecule has 0 spiro atoms. The molecule has 0 heterocycles. The van der Waals surface area contributed by atoms with Crippen molar-refractivity contribution in [3.8, 4) is 0 Å². The van der Waals surface area contributed by atoms with Crippen molar-refractivity contribution in [2.45, 2.75) is 46.6 Å². The molecule has 3 heteroatoms. The predicted octanol–water partition coefficient (Wildman–Crippen LogP) is 1.54. The molecule has 0 aliphatic carbocycles. The highest BCUT2D eigenvalue weighted by molar-refractivity contribution is 5.76. The standard InChI is InChI=1S/C11H24N2O/c1-5-10(4)13-11(14)6-7-12-8-9(2)3/h9-10,12H,5-8H2,1-4H3,(H,13,14). The van der Waals surface area contributed by atoms with Gasteiger partial charge < -0.3 is 10.6 Å². The van der Waals surface area contributed by atoms with Crippen LogP contribution >= 0.6 is 0 Å². The minimum absolute atomic E-state index is 0.149. The smallest absolute Gasteiger partial charge is 0.221 e. The van der Waals surface area contributed by atoms with Crippen molar-refractivity contribution in [2.24, 2.45) is 5.92 Å². The molecule has 0 aliphatic heterocycles. The number of rotatable bonds is 7. The van der Waals surface area contributed by atoms with Crippen LogP contribution in [0.2, 0.25) is 0 Å². The third-order valence-electron chi connectivity index (χ3n) is 2.10. The van der Waals surface area contributed by atoms with Crippen LogP contribution in [0.4, 0.5) is 0 Å². The van der Waals surface area contributed by atoms with Gasteiger partial charge in [-0.2, -0.15) is 0 Å². The van der Waals surface area contributed by atoms with Crippen molar-refractivity contribution in [1.82, 2.24) is 10.6 Å². The molecule has 0 aromatic rings. The monoisotopic (exact) mass is 200 g/mol. The number of hydrogen-bond donors (Lipinski definition) is 2. The van der Waals surface area contributed by atoms with E-state index >= 15 is 0 Å². The molecule has 0 radical (unpaired) electrons. The molecule has 14 heavy (non-hydrogen) atoms. The number of hydrogen-bond acceptors (Lipinski definition) is 2. The van der Waals surface area contributed by atoms with E-state index in [9.17, 15) is 4.79 Å². The molecule has 1 atom stereocenters. The Labute approximate surface area is 87.6 Å². The summed E-state index contributed by atoms with van der Waals surface area (Å²) in [5, 5.41) is 6.18. The highest BCUT2D eigenvalue weighted by Gasteiger charge is 2.04. The van der Waals surface area contributed by atoms with Crippen LogP contribution in [0.15, 0.2) is 0 Å². The second-order valence-electron chi connectivity index (χ2n) is 4.22. The van der Waals surface area contributed by atoms with E-state index in [0.717, 1.165) is 19.5 Å². The van der Waals surface area contributed by atoms with Gasteiger partial charge in [0.25, 0.3) is 0 Å². The maximum Gasteiger partial charge on any atom is 0.221 e. The Bertz CT molecular complexity index is 157. The normalized spacial score (nSPS) is 12.9. The fourth-order valence-corrected chi connectivity index (χ4v) is 1.04. The first kappa shape index (κ1) is 13.4. The van der Waals surface area contributed by atoms with E-state index in [1.54, 1.807) is 0 Å². The van der Waals surface area contributed by atoms with Crippen molar-refractivity contribution in [1.29, 1.82) is 0 Å². The molecule has 1 amide bonds. The molecule has 0 aromatic heterocycles. The lowest BCUT2D eigenvalue weighted by atomic mass is 10.2. The Hall–Kier alpha value is -0.570. The summed E-state index contributed by atoms with van der Waals surface area (Å²) < 4.78 is 0. The predicted molar refractivity (Wildman–Crippen MR) is 60.2 cm³/mol. The molecule has 84 valence electrons. The fraction of sp³-hybridized carbons (Fsp3) is 0.909. The molecule has 3 nitrogen and oxygen atoms in total. The third-order valence-corrected chi connectivity index (χ3v) is 2.10. The first-order valence-corrected chi connectivity index (χ1v) is 5.56. The molecule has 0 fully saturated rings. The summed E-state index contributed by atoms with van der Waals surface area (Å²) in [5.74, 6) is 0.795. The van der Waals surface area contributed by atoms with Crippen LogP contribution in [0.1, 0.15) is 40.5 Å². The van der Waals surface area contributed by atoms with Gasteiger partial charge in [0.05, 0.1) is 0 Å². The average molecular weight is 200 g/mol. The van der Waals surface area contributed by atoms with Gasteiger partial charge in [0.2, 0.25) is 5.91 Å². The topological polar surface area (TPSA) is 41.1 Å². The SMILES string of the molecule is CCC(C)NC(=O)CCNCC(C)C. The van der Waals surface area contributed by atoms with Gasteiger partial charge in [0.15, 0.2) is 0 Å². The van der Waals surface area contributed by atoms with Crippen molar-refractivity contribution >= 4 is 5.91 Å². The Morgan fingerprint density at radius 3 is 2.43 bits per heavy atom. The van der Waals surface area contributed by atoms with Crippen LogP contribution in [0, 0.1) is 5.92 Å². The third kappa shape index (κ3) is 8.05. The zero-order valence-electron chi connectivity index (χ0n) is 9.89. The molecular weight excluding hydrogens is 176 g/mol. The molecule has 1 unspecified atom stereocenters. The molecule has 0 aromatic carbocycles. The van der Waals surface area contributed by atoms with Crippen molar-refractivity contribution in [2.75, 3.05) is 13.1 Å². The lowest BCUT2D eigenvalue weighted by molar-refractivity contribution is -0.121. The second-order valence-corrected chi connectivity index (χ2v) is 4.22. The lowest BCUT2D eigenvalue weighted by Gasteiger charge is -2.12. The van der Waals surface area contributed by atoms with Gasteiger partial charge in [-0.3, -0.25) is 4.79 Å². The van der Waals surface area contributed by atoms with Gasteiger partial charge in [-0.25, -0.2) is 0 Å². The van der Waals surface area contributed by atoms with Gasteiger partial charge >= 0.3 is 0 Å². The first-order chi connectivity index (χ1) is 6.56. The molecule has 0 saturated carbocycles. The van der Waals surface area contributed by atoms with Gasteiger partial charge in [0.1, 0.15) is 0 Å². The highest BCUT2D eigenvalue weighted by Crippen LogP contribution is 1.90. The zero-order chi connectivity index (χ0) is 11.0. The largest absolute Gasteiger partial charge is 0.354 e. The summed E-state index contributed by atoms with van der Waals surface area (Å²) in [5.41, 5.74) is 0. The van der Waals surface area contributed by atoms with E-state index in [0.29, 0.717) is 18.4 Å². The van der Waals surface area contributed by atoms with Gasteiger partial charge in [-0.05, 0) is 25.8 Å². The average Bonchev–Trinajstić information content (AvgIpc) is 2.12. The van der Waals surface area contributed by atoms with Crippen molar-refractivity contribution in [3.63, 3.8) is 0 Å². The lowest BCUT2D eigenvalue weighted by Crippen LogP contribution is -2.34. The molecular formula is C11H24N2O.